The molecule has 0 heterocycles. The minimum absolute atomic E-state index is 0.153. The molecule has 0 spiro atoms. The van der Waals surface area contributed by atoms with Crippen molar-refractivity contribution in [2.75, 3.05) is 0 Å². The Kier molecular flexibility index (Phi) is 5.01. The van der Waals surface area contributed by atoms with E-state index < -0.39 is 10.0 Å². The van der Waals surface area contributed by atoms with Crippen LogP contribution in [0.4, 0.5) is 0 Å². The normalized spacial score (nSPS) is 13.0. The van der Waals surface area contributed by atoms with E-state index in [1.807, 2.05) is 6.92 Å². The molecular formula is C12H14ClNO2S. The van der Waals surface area contributed by atoms with Crippen LogP contribution in [-0.4, -0.2) is 14.5 Å². The summed E-state index contributed by atoms with van der Waals surface area (Å²) in [5, 5.41) is 0.387. The first-order valence-electron chi connectivity index (χ1n) is 5.21. The average molecular weight is 272 g/mol. The van der Waals surface area contributed by atoms with Crippen molar-refractivity contribution in [2.45, 2.75) is 30.7 Å². The zero-order chi connectivity index (χ0) is 12.9. The molecular weight excluding hydrogens is 258 g/mol. The van der Waals surface area contributed by atoms with Crippen molar-refractivity contribution in [2.24, 2.45) is 0 Å². The third kappa shape index (κ3) is 4.04. The average Bonchev–Trinajstić information content (AvgIpc) is 2.28. The lowest BCUT2D eigenvalue weighted by Gasteiger charge is -2.14. The van der Waals surface area contributed by atoms with Gasteiger partial charge in [-0.2, -0.15) is 0 Å². The van der Waals surface area contributed by atoms with Crippen molar-refractivity contribution < 1.29 is 8.42 Å². The molecule has 17 heavy (non-hydrogen) atoms. The lowest BCUT2D eigenvalue weighted by atomic mass is 10.2. The van der Waals surface area contributed by atoms with Gasteiger partial charge in [-0.3, -0.25) is 0 Å². The Balaban J connectivity index is 2.93. The second-order valence-corrected chi connectivity index (χ2v) is 5.74. The van der Waals surface area contributed by atoms with Crippen LogP contribution in [0.2, 0.25) is 5.02 Å². The number of hydrogen-bond acceptors (Lipinski definition) is 2. The minimum Gasteiger partial charge on any atom is -0.207 e. The molecule has 0 aliphatic carbocycles. The molecule has 1 aromatic rings. The van der Waals surface area contributed by atoms with Gasteiger partial charge in [0, 0.05) is 17.5 Å². The first-order valence-corrected chi connectivity index (χ1v) is 7.07. The monoisotopic (exact) mass is 271 g/mol. The number of terminal acetylenes is 1. The van der Waals surface area contributed by atoms with Crippen LogP contribution in [0.5, 0.6) is 0 Å². The van der Waals surface area contributed by atoms with Gasteiger partial charge in [-0.25, -0.2) is 13.1 Å². The molecule has 0 amide bonds. The lowest BCUT2D eigenvalue weighted by Crippen LogP contribution is -2.34. The fourth-order valence-electron chi connectivity index (χ4n) is 1.33. The van der Waals surface area contributed by atoms with Crippen molar-refractivity contribution in [3.05, 3.63) is 29.3 Å². The summed E-state index contributed by atoms with van der Waals surface area (Å²) in [6.07, 6.45) is 6.19. The molecule has 92 valence electrons. The largest absolute Gasteiger partial charge is 0.240 e. The summed E-state index contributed by atoms with van der Waals surface area (Å²) < 4.78 is 26.5. The summed E-state index contributed by atoms with van der Waals surface area (Å²) in [7, 11) is -3.55. The van der Waals surface area contributed by atoms with Gasteiger partial charge in [0.25, 0.3) is 0 Å². The molecule has 0 saturated heterocycles. The summed E-state index contributed by atoms with van der Waals surface area (Å²) in [5.41, 5.74) is 0. The van der Waals surface area contributed by atoms with E-state index in [0.29, 0.717) is 17.9 Å². The molecule has 0 aliphatic rings. The van der Waals surface area contributed by atoms with Gasteiger partial charge in [-0.15, -0.1) is 12.3 Å². The predicted molar refractivity (Wildman–Crippen MR) is 69.3 cm³/mol. The quantitative estimate of drug-likeness (QED) is 0.836. The number of benzene rings is 1. The summed E-state index contributed by atoms with van der Waals surface area (Å²) in [5.74, 6) is 2.45. The molecule has 0 aromatic heterocycles. The molecule has 0 saturated carbocycles. The number of sulfonamides is 1. The van der Waals surface area contributed by atoms with Gasteiger partial charge in [0.15, 0.2) is 0 Å². The first-order chi connectivity index (χ1) is 7.99. The van der Waals surface area contributed by atoms with Crippen LogP contribution in [0.1, 0.15) is 19.8 Å². The van der Waals surface area contributed by atoms with Gasteiger partial charge in [0.1, 0.15) is 0 Å². The van der Waals surface area contributed by atoms with Crippen molar-refractivity contribution >= 4 is 21.6 Å². The number of halogens is 1. The Labute approximate surface area is 107 Å². The van der Waals surface area contributed by atoms with Crippen LogP contribution < -0.4 is 4.72 Å². The van der Waals surface area contributed by atoms with Crippen LogP contribution in [0.15, 0.2) is 29.2 Å². The highest BCUT2D eigenvalue weighted by molar-refractivity contribution is 7.89. The van der Waals surface area contributed by atoms with Crippen molar-refractivity contribution in [3.8, 4) is 12.3 Å². The fourth-order valence-corrected chi connectivity index (χ4v) is 2.95. The summed E-state index contributed by atoms with van der Waals surface area (Å²) in [6, 6.07) is 5.88. The predicted octanol–water partition coefficient (Wildman–Crippen LogP) is 2.42. The van der Waals surface area contributed by atoms with Crippen LogP contribution in [0, 0.1) is 12.3 Å². The zero-order valence-corrected chi connectivity index (χ0v) is 11.1. The number of hydrogen-bond donors (Lipinski definition) is 1. The molecule has 5 heteroatoms. The third-order valence-corrected chi connectivity index (χ3v) is 4.04. The van der Waals surface area contributed by atoms with E-state index in [2.05, 4.69) is 10.6 Å². The Morgan fingerprint density at radius 2 is 2.24 bits per heavy atom. The van der Waals surface area contributed by atoms with Crippen LogP contribution in [-0.2, 0) is 10.0 Å². The highest BCUT2D eigenvalue weighted by Gasteiger charge is 2.18. The second kappa shape index (κ2) is 6.06. The molecule has 3 nitrogen and oxygen atoms in total. The lowest BCUT2D eigenvalue weighted by molar-refractivity contribution is 0.544. The van der Waals surface area contributed by atoms with Gasteiger partial charge in [-0.05, 0) is 24.6 Å². The third-order valence-electron chi connectivity index (χ3n) is 2.29. The Morgan fingerprint density at radius 1 is 1.53 bits per heavy atom. The Morgan fingerprint density at radius 3 is 2.76 bits per heavy atom. The maximum atomic E-state index is 12.0. The summed E-state index contributed by atoms with van der Waals surface area (Å²) in [6.45, 7) is 1.88. The van der Waals surface area contributed by atoms with E-state index in [1.165, 1.54) is 12.1 Å². The molecule has 0 fully saturated rings. The van der Waals surface area contributed by atoms with Gasteiger partial charge in [-0.1, -0.05) is 24.6 Å². The zero-order valence-electron chi connectivity index (χ0n) is 9.48. The Bertz CT molecular complexity index is 520. The van der Waals surface area contributed by atoms with Gasteiger partial charge in [0.05, 0.1) is 4.90 Å². The van der Waals surface area contributed by atoms with Crippen molar-refractivity contribution in [3.63, 3.8) is 0 Å². The van der Waals surface area contributed by atoms with E-state index >= 15 is 0 Å². The van der Waals surface area contributed by atoms with Gasteiger partial charge < -0.3 is 0 Å². The number of rotatable bonds is 5. The maximum absolute atomic E-state index is 12.0. The Hall–Kier alpha value is -1.02. The van der Waals surface area contributed by atoms with E-state index in [4.69, 9.17) is 18.0 Å². The molecule has 1 N–H and O–H groups in total. The molecule has 1 unspecified atom stereocenters. The molecule has 1 atom stereocenters. The topological polar surface area (TPSA) is 46.2 Å². The first kappa shape index (κ1) is 14.0. The van der Waals surface area contributed by atoms with Crippen molar-refractivity contribution in [1.29, 1.82) is 0 Å². The number of nitrogens with one attached hydrogen (secondary N) is 1. The highest BCUT2D eigenvalue weighted by Crippen LogP contribution is 2.16. The second-order valence-electron chi connectivity index (χ2n) is 3.59. The van der Waals surface area contributed by atoms with E-state index in [0.717, 1.165) is 0 Å². The van der Waals surface area contributed by atoms with Gasteiger partial charge >= 0.3 is 0 Å². The van der Waals surface area contributed by atoms with Crippen LogP contribution >= 0.6 is 11.6 Å². The highest BCUT2D eigenvalue weighted by atomic mass is 35.5. The fraction of sp³-hybridized carbons (Fsp3) is 0.333. The minimum atomic E-state index is -3.55. The molecule has 0 radical (unpaired) electrons. The molecule has 1 aromatic carbocycles. The standard InChI is InChI=1S/C12H14ClNO2S/c1-3-6-11(4-2)14-17(15,16)12-8-5-7-10(13)9-12/h1,5,7-9,11,14H,4,6H2,2H3. The van der Waals surface area contributed by atoms with Crippen molar-refractivity contribution in [1.82, 2.24) is 4.72 Å². The summed E-state index contributed by atoms with van der Waals surface area (Å²) >= 11 is 5.76. The van der Waals surface area contributed by atoms with Crippen LogP contribution in [0.3, 0.4) is 0 Å². The smallest absolute Gasteiger partial charge is 0.207 e. The molecule has 0 aliphatic heterocycles. The summed E-state index contributed by atoms with van der Waals surface area (Å²) in [4.78, 5) is 0.153. The maximum Gasteiger partial charge on any atom is 0.240 e. The van der Waals surface area contributed by atoms with Gasteiger partial charge in [0.2, 0.25) is 10.0 Å². The van der Waals surface area contributed by atoms with Crippen LogP contribution in [0.25, 0.3) is 0 Å². The molecule has 1 rings (SSSR count). The van der Waals surface area contributed by atoms with E-state index in [9.17, 15) is 8.42 Å². The van der Waals surface area contributed by atoms with E-state index in [1.54, 1.807) is 12.1 Å². The molecule has 0 bridgehead atoms. The SMILES string of the molecule is C#CCC(CC)NS(=O)(=O)c1cccc(Cl)c1. The van der Waals surface area contributed by atoms with E-state index in [-0.39, 0.29) is 10.9 Å².